The Morgan fingerprint density at radius 1 is 1.20 bits per heavy atom. The van der Waals surface area contributed by atoms with Crippen LogP contribution in [-0.4, -0.2) is 20.5 Å². The molecule has 0 unspecified atom stereocenters. The van der Waals surface area contributed by atoms with E-state index in [2.05, 4.69) is 4.72 Å². The minimum Gasteiger partial charge on any atom is -0.444 e. The molecular formula is C18H18N2O4S. The lowest BCUT2D eigenvalue weighted by Crippen LogP contribution is -2.16. The number of nitriles is 1. The van der Waals surface area contributed by atoms with Gasteiger partial charge in [0.2, 0.25) is 0 Å². The number of hydrogen-bond acceptors (Lipinski definition) is 5. The van der Waals surface area contributed by atoms with Crippen molar-refractivity contribution in [3.63, 3.8) is 0 Å². The van der Waals surface area contributed by atoms with E-state index in [1.54, 1.807) is 25.1 Å². The molecule has 0 radical (unpaired) electrons. The second-order valence-corrected chi connectivity index (χ2v) is 7.28. The second-order valence-electron chi connectivity index (χ2n) is 5.63. The number of carbonyl (C=O) groups is 1. The Bertz CT molecular complexity index is 946. The van der Waals surface area contributed by atoms with Crippen molar-refractivity contribution in [3.05, 3.63) is 59.2 Å². The van der Waals surface area contributed by atoms with Crippen molar-refractivity contribution >= 4 is 21.7 Å². The lowest BCUT2D eigenvalue weighted by Gasteiger charge is -2.12. The number of rotatable bonds is 5. The maximum Gasteiger partial charge on any atom is 0.339 e. The number of nitrogens with zero attached hydrogens (tertiary/aromatic N) is 1. The van der Waals surface area contributed by atoms with Gasteiger partial charge in [0.05, 0.1) is 10.5 Å². The normalized spacial score (nSPS) is 12.1. The largest absolute Gasteiger partial charge is 0.444 e. The molecule has 130 valence electrons. The Labute approximate surface area is 147 Å². The van der Waals surface area contributed by atoms with Gasteiger partial charge < -0.3 is 4.74 Å². The fourth-order valence-electron chi connectivity index (χ4n) is 2.17. The zero-order chi connectivity index (χ0) is 18.6. The number of benzene rings is 2. The van der Waals surface area contributed by atoms with Crippen molar-refractivity contribution in [2.24, 2.45) is 0 Å². The fourth-order valence-corrected chi connectivity index (χ4v) is 3.55. The van der Waals surface area contributed by atoms with E-state index in [0.29, 0.717) is 5.56 Å². The number of anilines is 1. The smallest absolute Gasteiger partial charge is 0.339 e. The molecule has 0 aromatic heterocycles. The molecule has 0 saturated heterocycles. The summed E-state index contributed by atoms with van der Waals surface area (Å²) in [6, 6.07) is 12.9. The van der Waals surface area contributed by atoms with Gasteiger partial charge in [-0.3, -0.25) is 4.72 Å². The third-order valence-electron chi connectivity index (χ3n) is 3.45. The molecule has 0 saturated carbocycles. The van der Waals surface area contributed by atoms with E-state index >= 15 is 0 Å². The number of ether oxygens (including phenoxy) is 1. The van der Waals surface area contributed by atoms with Crippen molar-refractivity contribution in [2.45, 2.75) is 31.8 Å². The van der Waals surface area contributed by atoms with Crippen LogP contribution in [0, 0.1) is 25.2 Å². The molecule has 6 nitrogen and oxygen atoms in total. The average molecular weight is 358 g/mol. The van der Waals surface area contributed by atoms with E-state index in [9.17, 15) is 13.2 Å². The first kappa shape index (κ1) is 18.5. The number of nitrogens with one attached hydrogen (secondary N) is 1. The van der Waals surface area contributed by atoms with Crippen molar-refractivity contribution in [2.75, 3.05) is 4.72 Å². The molecule has 2 aromatic rings. The average Bonchev–Trinajstić information content (AvgIpc) is 2.56. The van der Waals surface area contributed by atoms with Crippen LogP contribution < -0.4 is 4.72 Å². The van der Waals surface area contributed by atoms with Gasteiger partial charge in [-0.05, 0) is 56.2 Å². The fraction of sp³-hybridized carbons (Fsp3) is 0.222. The molecule has 0 bridgehead atoms. The van der Waals surface area contributed by atoms with Crippen LogP contribution in [0.25, 0.3) is 0 Å². The second kappa shape index (κ2) is 7.36. The molecule has 0 amide bonds. The Morgan fingerprint density at radius 3 is 2.60 bits per heavy atom. The predicted molar refractivity (Wildman–Crippen MR) is 93.7 cm³/mol. The topological polar surface area (TPSA) is 96.3 Å². The summed E-state index contributed by atoms with van der Waals surface area (Å²) in [5.74, 6) is -0.693. The molecule has 2 rings (SSSR count). The lowest BCUT2D eigenvalue weighted by molar-refractivity contribution is 0.0435. The molecule has 0 heterocycles. The first-order valence-corrected chi connectivity index (χ1v) is 9.02. The van der Waals surface area contributed by atoms with Gasteiger partial charge in [0.15, 0.2) is 6.10 Å². The predicted octanol–water partition coefficient (Wildman–Crippen LogP) is 3.17. The summed E-state index contributed by atoms with van der Waals surface area (Å²) in [5.41, 5.74) is 1.84. The van der Waals surface area contributed by atoms with Crippen LogP contribution in [0.15, 0.2) is 47.4 Å². The van der Waals surface area contributed by atoms with Crippen LogP contribution in [0.5, 0.6) is 0 Å². The molecule has 2 aromatic carbocycles. The molecule has 7 heteroatoms. The number of aryl methyl sites for hydroxylation is 2. The van der Waals surface area contributed by atoms with Crippen LogP contribution in [-0.2, 0) is 14.8 Å². The Kier molecular flexibility index (Phi) is 5.45. The Hall–Kier alpha value is -2.85. The Morgan fingerprint density at radius 2 is 1.92 bits per heavy atom. The standard InChI is InChI=1S/C18H18N2O4S/c1-12-7-8-13(2)17(9-12)25(22,23)20-16-6-4-5-15(10-16)18(21)24-14(3)11-19/h4-10,14,20H,1-3H3/t14-/m1/s1. The monoisotopic (exact) mass is 358 g/mol. The third kappa shape index (κ3) is 4.58. The van der Waals surface area contributed by atoms with E-state index in [-0.39, 0.29) is 16.1 Å². The highest BCUT2D eigenvalue weighted by molar-refractivity contribution is 7.92. The third-order valence-corrected chi connectivity index (χ3v) is 4.97. The highest BCUT2D eigenvalue weighted by atomic mass is 32.2. The van der Waals surface area contributed by atoms with Gasteiger partial charge >= 0.3 is 5.97 Å². The summed E-state index contributed by atoms with van der Waals surface area (Å²) in [6.45, 7) is 4.97. The summed E-state index contributed by atoms with van der Waals surface area (Å²) in [7, 11) is -3.79. The molecule has 0 aliphatic heterocycles. The quantitative estimate of drug-likeness (QED) is 0.828. The SMILES string of the molecule is Cc1ccc(C)c(S(=O)(=O)Nc2cccc(C(=O)O[C@H](C)C#N)c2)c1. The lowest BCUT2D eigenvalue weighted by atomic mass is 10.2. The molecule has 0 aliphatic rings. The zero-order valence-electron chi connectivity index (χ0n) is 14.1. The summed E-state index contributed by atoms with van der Waals surface area (Å²) >= 11 is 0. The van der Waals surface area contributed by atoms with Crippen LogP contribution in [0.1, 0.15) is 28.4 Å². The summed E-state index contributed by atoms with van der Waals surface area (Å²) < 4.78 is 32.6. The van der Waals surface area contributed by atoms with Gasteiger partial charge in [0.25, 0.3) is 10.0 Å². The van der Waals surface area contributed by atoms with Crippen molar-refractivity contribution in [1.82, 2.24) is 0 Å². The van der Waals surface area contributed by atoms with Gasteiger partial charge in [-0.1, -0.05) is 18.2 Å². The van der Waals surface area contributed by atoms with Crippen LogP contribution in [0.3, 0.4) is 0 Å². The van der Waals surface area contributed by atoms with Crippen molar-refractivity contribution in [3.8, 4) is 6.07 Å². The molecule has 1 N–H and O–H groups in total. The van der Waals surface area contributed by atoms with E-state index in [1.807, 2.05) is 13.0 Å². The van der Waals surface area contributed by atoms with Gasteiger partial charge in [-0.25, -0.2) is 13.2 Å². The molecule has 0 fully saturated rings. The summed E-state index contributed by atoms with van der Waals surface area (Å²) in [6.07, 6.45) is -0.886. The number of hydrogen-bond donors (Lipinski definition) is 1. The Balaban J connectivity index is 2.29. The first-order valence-electron chi connectivity index (χ1n) is 7.53. The maximum absolute atomic E-state index is 12.6. The zero-order valence-corrected chi connectivity index (χ0v) is 14.9. The molecule has 0 spiro atoms. The van der Waals surface area contributed by atoms with Gasteiger partial charge in [0, 0.05) is 5.69 Å². The van der Waals surface area contributed by atoms with Crippen molar-refractivity contribution in [1.29, 1.82) is 5.26 Å². The minimum absolute atomic E-state index is 0.156. The molecular weight excluding hydrogens is 340 g/mol. The molecule has 25 heavy (non-hydrogen) atoms. The number of sulfonamides is 1. The maximum atomic E-state index is 12.6. The summed E-state index contributed by atoms with van der Waals surface area (Å²) in [4.78, 5) is 12.1. The van der Waals surface area contributed by atoms with Gasteiger partial charge in [-0.2, -0.15) is 5.26 Å². The van der Waals surface area contributed by atoms with Gasteiger partial charge in [-0.15, -0.1) is 0 Å². The minimum atomic E-state index is -3.79. The first-order chi connectivity index (χ1) is 11.7. The number of carbonyl (C=O) groups excluding carboxylic acids is 1. The van der Waals surface area contributed by atoms with E-state index < -0.39 is 22.1 Å². The highest BCUT2D eigenvalue weighted by Gasteiger charge is 2.18. The van der Waals surface area contributed by atoms with E-state index in [4.69, 9.17) is 10.00 Å². The molecule has 1 atom stereocenters. The van der Waals surface area contributed by atoms with Crippen LogP contribution >= 0.6 is 0 Å². The van der Waals surface area contributed by atoms with Crippen molar-refractivity contribution < 1.29 is 17.9 Å². The van der Waals surface area contributed by atoms with Gasteiger partial charge in [0.1, 0.15) is 6.07 Å². The van der Waals surface area contributed by atoms with Crippen LogP contribution in [0.4, 0.5) is 5.69 Å². The number of esters is 1. The van der Waals surface area contributed by atoms with Crippen LogP contribution in [0.2, 0.25) is 0 Å². The highest BCUT2D eigenvalue weighted by Crippen LogP contribution is 2.21. The molecule has 0 aliphatic carbocycles. The van der Waals surface area contributed by atoms with E-state index in [0.717, 1.165) is 5.56 Å². The summed E-state index contributed by atoms with van der Waals surface area (Å²) in [5, 5.41) is 8.69. The van der Waals surface area contributed by atoms with E-state index in [1.165, 1.54) is 31.2 Å².